The maximum atomic E-state index is 13.9. The van der Waals surface area contributed by atoms with Gasteiger partial charge in [0.2, 0.25) is 0 Å². The lowest BCUT2D eigenvalue weighted by Crippen LogP contribution is -2.49. The monoisotopic (exact) mass is 265 g/mol. The second-order valence-electron chi connectivity index (χ2n) is 5.15. The topological polar surface area (TPSA) is 32.5 Å². The van der Waals surface area contributed by atoms with Crippen molar-refractivity contribution in [3.05, 3.63) is 35.6 Å². The van der Waals surface area contributed by atoms with Gasteiger partial charge in [0.1, 0.15) is 5.82 Å². The summed E-state index contributed by atoms with van der Waals surface area (Å²) in [5.74, 6) is -0.145. The van der Waals surface area contributed by atoms with Crippen LogP contribution in [-0.2, 0) is 0 Å². The van der Waals surface area contributed by atoms with Gasteiger partial charge in [-0.1, -0.05) is 25.1 Å². The number of nitrogens with two attached hydrogens (primary N) is 1. The first kappa shape index (κ1) is 14.4. The zero-order valence-corrected chi connectivity index (χ0v) is 11.7. The molecule has 2 N–H and O–H groups in total. The summed E-state index contributed by atoms with van der Waals surface area (Å²) in [6.45, 7) is 7.87. The van der Waals surface area contributed by atoms with Crippen LogP contribution in [-0.4, -0.2) is 49.1 Å². The summed E-state index contributed by atoms with van der Waals surface area (Å²) >= 11 is 0. The van der Waals surface area contributed by atoms with Crippen molar-refractivity contribution in [2.75, 3.05) is 39.3 Å². The van der Waals surface area contributed by atoms with Gasteiger partial charge in [0.25, 0.3) is 0 Å². The quantitative estimate of drug-likeness (QED) is 0.882. The number of piperazine rings is 1. The molecule has 1 aliphatic rings. The van der Waals surface area contributed by atoms with E-state index < -0.39 is 0 Å². The van der Waals surface area contributed by atoms with Crippen LogP contribution in [0.5, 0.6) is 0 Å². The second kappa shape index (κ2) is 6.98. The predicted molar refractivity (Wildman–Crippen MR) is 76.5 cm³/mol. The Bertz CT molecular complexity index is 389. The minimum absolute atomic E-state index is 0.00461. The van der Waals surface area contributed by atoms with Crippen molar-refractivity contribution in [2.45, 2.75) is 19.4 Å². The molecule has 0 aliphatic carbocycles. The molecule has 1 aromatic carbocycles. The molecule has 3 nitrogen and oxygen atoms in total. The Morgan fingerprint density at radius 1 is 1.21 bits per heavy atom. The third-order valence-corrected chi connectivity index (χ3v) is 3.87. The van der Waals surface area contributed by atoms with E-state index in [9.17, 15) is 4.39 Å². The fourth-order valence-corrected chi connectivity index (χ4v) is 2.83. The number of hydrogen-bond donors (Lipinski definition) is 1. The van der Waals surface area contributed by atoms with Gasteiger partial charge < -0.3 is 10.6 Å². The van der Waals surface area contributed by atoms with Crippen LogP contribution in [0.25, 0.3) is 0 Å². The first-order chi connectivity index (χ1) is 9.26. The van der Waals surface area contributed by atoms with E-state index in [1.165, 1.54) is 12.5 Å². The molecule has 1 aliphatic heterocycles. The highest BCUT2D eigenvalue weighted by Crippen LogP contribution is 2.23. The molecule has 2 rings (SSSR count). The third-order valence-electron chi connectivity index (χ3n) is 3.87. The van der Waals surface area contributed by atoms with E-state index in [2.05, 4.69) is 16.7 Å². The van der Waals surface area contributed by atoms with Crippen LogP contribution < -0.4 is 5.73 Å². The average molecular weight is 265 g/mol. The summed E-state index contributed by atoms with van der Waals surface area (Å²) in [5, 5.41) is 0. The number of nitrogens with zero attached hydrogens (tertiary/aromatic N) is 2. The van der Waals surface area contributed by atoms with Crippen LogP contribution in [0, 0.1) is 5.82 Å². The van der Waals surface area contributed by atoms with Crippen molar-refractivity contribution in [1.29, 1.82) is 0 Å². The minimum Gasteiger partial charge on any atom is -0.329 e. The van der Waals surface area contributed by atoms with Gasteiger partial charge in [-0.15, -0.1) is 0 Å². The fraction of sp³-hybridized carbons (Fsp3) is 0.600. The SMILES string of the molecule is CCCN1CCN(C(CN)c2ccccc2F)CC1. The molecule has 19 heavy (non-hydrogen) atoms. The predicted octanol–water partition coefficient (Wildman–Crippen LogP) is 1.85. The maximum Gasteiger partial charge on any atom is 0.128 e. The molecule has 1 unspecified atom stereocenters. The molecule has 1 aromatic rings. The van der Waals surface area contributed by atoms with Crippen molar-refractivity contribution >= 4 is 0 Å². The molecule has 1 atom stereocenters. The van der Waals surface area contributed by atoms with E-state index in [1.54, 1.807) is 6.07 Å². The van der Waals surface area contributed by atoms with Gasteiger partial charge in [-0.2, -0.15) is 0 Å². The Kier molecular flexibility index (Phi) is 5.31. The van der Waals surface area contributed by atoms with Gasteiger partial charge in [0, 0.05) is 38.3 Å². The summed E-state index contributed by atoms with van der Waals surface area (Å²) in [5.41, 5.74) is 6.61. The summed E-state index contributed by atoms with van der Waals surface area (Å²) in [6, 6.07) is 6.99. The summed E-state index contributed by atoms with van der Waals surface area (Å²) in [4.78, 5) is 4.77. The number of hydrogen-bond acceptors (Lipinski definition) is 3. The lowest BCUT2D eigenvalue weighted by atomic mass is 10.0. The van der Waals surface area contributed by atoms with Crippen LogP contribution in [0.15, 0.2) is 24.3 Å². The third kappa shape index (κ3) is 3.53. The fourth-order valence-electron chi connectivity index (χ4n) is 2.83. The number of halogens is 1. The Morgan fingerprint density at radius 3 is 2.47 bits per heavy atom. The molecule has 0 radical (unpaired) electrons. The highest BCUT2D eigenvalue weighted by atomic mass is 19.1. The van der Waals surface area contributed by atoms with Crippen LogP contribution in [0.1, 0.15) is 24.9 Å². The Hall–Kier alpha value is -0.970. The Labute approximate surface area is 115 Å². The standard InChI is InChI=1S/C15H24FN3/c1-2-7-18-8-10-19(11-9-18)15(12-17)13-5-3-4-6-14(13)16/h3-6,15H,2,7-12,17H2,1H3. The molecule has 0 saturated carbocycles. The normalized spacial score (nSPS) is 19.5. The summed E-state index contributed by atoms with van der Waals surface area (Å²) in [6.07, 6.45) is 1.19. The summed E-state index contributed by atoms with van der Waals surface area (Å²) in [7, 11) is 0. The molecule has 4 heteroatoms. The number of benzene rings is 1. The van der Waals surface area contributed by atoms with Gasteiger partial charge >= 0.3 is 0 Å². The molecule has 0 bridgehead atoms. The lowest BCUT2D eigenvalue weighted by Gasteiger charge is -2.39. The van der Waals surface area contributed by atoms with E-state index in [0.29, 0.717) is 6.54 Å². The first-order valence-corrected chi connectivity index (χ1v) is 7.17. The molecule has 0 spiro atoms. The molecule has 1 fully saturated rings. The Morgan fingerprint density at radius 2 is 1.89 bits per heavy atom. The minimum atomic E-state index is -0.145. The zero-order chi connectivity index (χ0) is 13.7. The van der Waals surface area contributed by atoms with Crippen LogP contribution in [0.3, 0.4) is 0 Å². The van der Waals surface area contributed by atoms with Crippen molar-refractivity contribution < 1.29 is 4.39 Å². The smallest absolute Gasteiger partial charge is 0.128 e. The largest absolute Gasteiger partial charge is 0.329 e. The van der Waals surface area contributed by atoms with Crippen molar-refractivity contribution in [3.8, 4) is 0 Å². The molecule has 106 valence electrons. The van der Waals surface area contributed by atoms with Crippen molar-refractivity contribution in [3.63, 3.8) is 0 Å². The highest BCUT2D eigenvalue weighted by Gasteiger charge is 2.25. The van der Waals surface area contributed by atoms with Gasteiger partial charge in [0.15, 0.2) is 0 Å². The van der Waals surface area contributed by atoms with E-state index in [-0.39, 0.29) is 11.9 Å². The molecular weight excluding hydrogens is 241 g/mol. The Balaban J connectivity index is 2.02. The van der Waals surface area contributed by atoms with Crippen molar-refractivity contribution in [1.82, 2.24) is 9.80 Å². The molecule has 1 saturated heterocycles. The van der Waals surface area contributed by atoms with E-state index in [0.717, 1.165) is 38.3 Å². The molecule has 0 aromatic heterocycles. The second-order valence-corrected chi connectivity index (χ2v) is 5.15. The molecule has 0 amide bonds. The van der Waals surface area contributed by atoms with Gasteiger partial charge in [-0.25, -0.2) is 4.39 Å². The van der Waals surface area contributed by atoms with Gasteiger partial charge in [-0.3, -0.25) is 4.90 Å². The van der Waals surface area contributed by atoms with Crippen LogP contribution >= 0.6 is 0 Å². The first-order valence-electron chi connectivity index (χ1n) is 7.17. The van der Waals surface area contributed by atoms with E-state index in [4.69, 9.17) is 5.73 Å². The zero-order valence-electron chi connectivity index (χ0n) is 11.7. The molecular formula is C15H24FN3. The van der Waals surface area contributed by atoms with Crippen LogP contribution in [0.4, 0.5) is 4.39 Å². The van der Waals surface area contributed by atoms with Gasteiger partial charge in [0.05, 0.1) is 6.04 Å². The summed E-state index contributed by atoms with van der Waals surface area (Å²) < 4.78 is 13.9. The van der Waals surface area contributed by atoms with E-state index >= 15 is 0 Å². The van der Waals surface area contributed by atoms with E-state index in [1.807, 2.05) is 12.1 Å². The van der Waals surface area contributed by atoms with Crippen LogP contribution in [0.2, 0.25) is 0 Å². The molecule has 1 heterocycles. The highest BCUT2D eigenvalue weighted by molar-refractivity contribution is 5.21. The van der Waals surface area contributed by atoms with Crippen molar-refractivity contribution in [2.24, 2.45) is 5.73 Å². The lowest BCUT2D eigenvalue weighted by molar-refractivity contribution is 0.0971. The van der Waals surface area contributed by atoms with Gasteiger partial charge in [-0.05, 0) is 19.0 Å². The average Bonchev–Trinajstić information content (AvgIpc) is 2.44. The maximum absolute atomic E-state index is 13.9. The number of rotatable bonds is 5.